The molecule has 0 bridgehead atoms. The fourth-order valence-electron chi connectivity index (χ4n) is 2.04. The van der Waals surface area contributed by atoms with Crippen molar-refractivity contribution in [1.82, 2.24) is 0 Å². The maximum atomic E-state index is 12.4. The Labute approximate surface area is 142 Å². The van der Waals surface area contributed by atoms with Crippen LogP contribution in [-0.2, 0) is 9.53 Å². The van der Waals surface area contributed by atoms with E-state index in [0.29, 0.717) is 5.56 Å². The highest BCUT2D eigenvalue weighted by atomic mass is 19.3. The highest BCUT2D eigenvalue weighted by molar-refractivity contribution is 6.06. The van der Waals surface area contributed by atoms with Gasteiger partial charge in [-0.2, -0.15) is 8.78 Å². The van der Waals surface area contributed by atoms with Gasteiger partial charge in [-0.15, -0.1) is 0 Å². The van der Waals surface area contributed by atoms with Crippen molar-refractivity contribution in [3.8, 4) is 5.75 Å². The molecular formula is C18H15F2NO4. The lowest BCUT2D eigenvalue weighted by molar-refractivity contribution is -0.111. The molecule has 0 aliphatic heterocycles. The van der Waals surface area contributed by atoms with Gasteiger partial charge in [-0.1, -0.05) is 30.3 Å². The number of esters is 1. The highest BCUT2D eigenvalue weighted by Gasteiger charge is 2.12. The van der Waals surface area contributed by atoms with Crippen LogP contribution in [0, 0.1) is 0 Å². The molecule has 5 nitrogen and oxygen atoms in total. The van der Waals surface area contributed by atoms with Crippen molar-refractivity contribution in [3.05, 3.63) is 65.7 Å². The first kappa shape index (κ1) is 18.1. The smallest absolute Gasteiger partial charge is 0.387 e. The van der Waals surface area contributed by atoms with Crippen molar-refractivity contribution < 1.29 is 27.8 Å². The molecule has 0 aromatic heterocycles. The molecule has 0 radical (unpaired) electrons. The Morgan fingerprint density at radius 2 is 1.76 bits per heavy atom. The van der Waals surface area contributed by atoms with Gasteiger partial charge in [-0.25, -0.2) is 4.79 Å². The van der Waals surface area contributed by atoms with E-state index in [4.69, 9.17) is 0 Å². The number of hydrogen-bond acceptors (Lipinski definition) is 4. The first-order valence-electron chi connectivity index (χ1n) is 7.21. The van der Waals surface area contributed by atoms with Gasteiger partial charge in [0.1, 0.15) is 5.75 Å². The van der Waals surface area contributed by atoms with Gasteiger partial charge in [-0.05, 0) is 24.3 Å². The molecule has 2 rings (SSSR count). The number of carbonyl (C=O) groups is 2. The van der Waals surface area contributed by atoms with Crippen LogP contribution in [0.5, 0.6) is 5.75 Å². The molecule has 0 aliphatic rings. The zero-order valence-corrected chi connectivity index (χ0v) is 13.2. The van der Waals surface area contributed by atoms with Gasteiger partial charge in [0, 0.05) is 11.6 Å². The molecule has 2 aromatic carbocycles. The quantitative estimate of drug-likeness (QED) is 0.639. The molecule has 2 aromatic rings. The lowest BCUT2D eigenvalue weighted by Gasteiger charge is -2.08. The number of alkyl halides is 2. The summed E-state index contributed by atoms with van der Waals surface area (Å²) < 4.78 is 33.8. The van der Waals surface area contributed by atoms with E-state index >= 15 is 0 Å². The maximum absolute atomic E-state index is 12.4. The zero-order chi connectivity index (χ0) is 18.2. The fourth-order valence-corrected chi connectivity index (χ4v) is 2.04. The molecule has 25 heavy (non-hydrogen) atoms. The zero-order valence-electron chi connectivity index (χ0n) is 13.2. The van der Waals surface area contributed by atoms with E-state index in [9.17, 15) is 18.4 Å². The standard InChI is InChI=1S/C18H15F2NO4/c1-24-17(23)13-7-3-4-8-14(13)21-16(22)11-10-12-6-2-5-9-15(12)25-18(19)20/h2-11,18H,1H3,(H,21,22). The summed E-state index contributed by atoms with van der Waals surface area (Å²) in [5, 5.41) is 2.54. The van der Waals surface area contributed by atoms with Gasteiger partial charge in [0.25, 0.3) is 0 Å². The second-order valence-electron chi connectivity index (χ2n) is 4.78. The normalized spacial score (nSPS) is 10.7. The number of hydrogen-bond donors (Lipinski definition) is 1. The van der Waals surface area contributed by atoms with Crippen molar-refractivity contribution in [1.29, 1.82) is 0 Å². The maximum Gasteiger partial charge on any atom is 0.387 e. The molecule has 0 atom stereocenters. The van der Waals surface area contributed by atoms with Gasteiger partial charge >= 0.3 is 12.6 Å². The molecule has 0 saturated carbocycles. The Morgan fingerprint density at radius 1 is 1.08 bits per heavy atom. The summed E-state index contributed by atoms with van der Waals surface area (Å²) in [4.78, 5) is 23.7. The largest absolute Gasteiger partial charge is 0.465 e. The van der Waals surface area contributed by atoms with Crippen LogP contribution in [0.4, 0.5) is 14.5 Å². The van der Waals surface area contributed by atoms with E-state index in [2.05, 4.69) is 14.8 Å². The van der Waals surface area contributed by atoms with Gasteiger partial charge in [0.2, 0.25) is 5.91 Å². The Balaban J connectivity index is 2.14. The molecule has 0 fully saturated rings. The molecule has 7 heteroatoms. The lowest BCUT2D eigenvalue weighted by Crippen LogP contribution is -2.12. The van der Waals surface area contributed by atoms with Crippen molar-refractivity contribution in [2.24, 2.45) is 0 Å². The van der Waals surface area contributed by atoms with E-state index in [1.165, 1.54) is 31.4 Å². The Hall–Kier alpha value is -3.22. The van der Waals surface area contributed by atoms with Crippen LogP contribution in [0.1, 0.15) is 15.9 Å². The highest BCUT2D eigenvalue weighted by Crippen LogP contribution is 2.22. The van der Waals surface area contributed by atoms with Crippen molar-refractivity contribution in [3.63, 3.8) is 0 Å². The third-order valence-electron chi connectivity index (χ3n) is 3.14. The number of rotatable bonds is 6. The predicted molar refractivity (Wildman–Crippen MR) is 88.5 cm³/mol. The van der Waals surface area contributed by atoms with E-state index in [1.807, 2.05) is 0 Å². The van der Waals surface area contributed by atoms with E-state index in [1.54, 1.807) is 30.3 Å². The number of para-hydroxylation sites is 2. The molecule has 0 unspecified atom stereocenters. The summed E-state index contributed by atoms with van der Waals surface area (Å²) in [7, 11) is 1.24. The number of nitrogens with one attached hydrogen (secondary N) is 1. The summed E-state index contributed by atoms with van der Waals surface area (Å²) in [5.41, 5.74) is 0.800. The summed E-state index contributed by atoms with van der Waals surface area (Å²) in [6, 6.07) is 12.4. The van der Waals surface area contributed by atoms with E-state index in [-0.39, 0.29) is 17.0 Å². The average molecular weight is 347 g/mol. The lowest BCUT2D eigenvalue weighted by atomic mass is 10.1. The molecule has 1 amide bonds. The molecule has 0 aliphatic carbocycles. The minimum atomic E-state index is -2.96. The van der Waals surface area contributed by atoms with Gasteiger partial charge in [0.15, 0.2) is 0 Å². The first-order chi connectivity index (χ1) is 12.0. The molecular weight excluding hydrogens is 332 g/mol. The molecule has 0 heterocycles. The van der Waals surface area contributed by atoms with Crippen LogP contribution in [0.3, 0.4) is 0 Å². The number of amides is 1. The molecule has 130 valence electrons. The number of carbonyl (C=O) groups excluding carboxylic acids is 2. The van der Waals surface area contributed by atoms with Crippen LogP contribution in [0.15, 0.2) is 54.6 Å². The minimum Gasteiger partial charge on any atom is -0.465 e. The second kappa shape index (κ2) is 8.58. The Bertz CT molecular complexity index is 790. The minimum absolute atomic E-state index is 0.0449. The molecule has 0 spiro atoms. The molecule has 0 saturated heterocycles. The van der Waals surface area contributed by atoms with Crippen molar-refractivity contribution >= 4 is 23.6 Å². The third kappa shape index (κ3) is 5.13. The van der Waals surface area contributed by atoms with Crippen LogP contribution in [-0.4, -0.2) is 25.6 Å². The van der Waals surface area contributed by atoms with Gasteiger partial charge in [0.05, 0.1) is 18.4 Å². The number of ether oxygens (including phenoxy) is 2. The van der Waals surface area contributed by atoms with Crippen molar-refractivity contribution in [2.45, 2.75) is 6.61 Å². The first-order valence-corrected chi connectivity index (χ1v) is 7.21. The molecule has 1 N–H and O–H groups in total. The average Bonchev–Trinajstić information content (AvgIpc) is 2.60. The summed E-state index contributed by atoms with van der Waals surface area (Å²) >= 11 is 0. The summed E-state index contributed by atoms with van der Waals surface area (Å²) in [5.74, 6) is -1.17. The number of halogens is 2. The number of methoxy groups -OCH3 is 1. The number of anilines is 1. The van der Waals surface area contributed by atoms with Gasteiger partial charge < -0.3 is 14.8 Å². The summed E-state index contributed by atoms with van der Waals surface area (Å²) in [6.45, 7) is -2.96. The second-order valence-corrected chi connectivity index (χ2v) is 4.78. The fraction of sp³-hybridized carbons (Fsp3) is 0.111. The monoisotopic (exact) mass is 347 g/mol. The summed E-state index contributed by atoms with van der Waals surface area (Å²) in [6.07, 6.45) is 2.50. The van der Waals surface area contributed by atoms with E-state index < -0.39 is 18.5 Å². The van der Waals surface area contributed by atoms with Crippen LogP contribution in [0.2, 0.25) is 0 Å². The van der Waals surface area contributed by atoms with Gasteiger partial charge in [-0.3, -0.25) is 4.79 Å². The van der Waals surface area contributed by atoms with Crippen LogP contribution in [0.25, 0.3) is 6.08 Å². The Morgan fingerprint density at radius 3 is 2.48 bits per heavy atom. The van der Waals surface area contributed by atoms with Crippen molar-refractivity contribution in [2.75, 3.05) is 12.4 Å². The third-order valence-corrected chi connectivity index (χ3v) is 3.14. The predicted octanol–water partition coefficient (Wildman–Crippen LogP) is 3.73. The topological polar surface area (TPSA) is 64.6 Å². The van der Waals surface area contributed by atoms with Crippen LogP contribution >= 0.6 is 0 Å². The number of benzene rings is 2. The van der Waals surface area contributed by atoms with E-state index in [0.717, 1.165) is 6.08 Å². The Kier molecular flexibility index (Phi) is 6.22. The van der Waals surface area contributed by atoms with Crippen LogP contribution < -0.4 is 10.1 Å². The SMILES string of the molecule is COC(=O)c1ccccc1NC(=O)C=Cc1ccccc1OC(F)F.